The molecule has 5 aliphatic rings. The molecule has 2 aliphatic carbocycles. The molecular formula is C27H35N5O2S. The lowest BCUT2D eigenvalue weighted by molar-refractivity contribution is 0.143. The molecule has 2 saturated heterocycles. The predicted molar refractivity (Wildman–Crippen MR) is 139 cm³/mol. The highest BCUT2D eigenvalue weighted by atomic mass is 32.2. The smallest absolute Gasteiger partial charge is 0.227 e. The third-order valence-electron chi connectivity index (χ3n) is 9.13. The fourth-order valence-electron chi connectivity index (χ4n) is 6.67. The fraction of sp³-hybridized carbons (Fsp3) is 0.630. The maximum atomic E-state index is 13.1. The summed E-state index contributed by atoms with van der Waals surface area (Å²) < 4.78 is 13.1. The van der Waals surface area contributed by atoms with E-state index in [9.17, 15) is 9.32 Å². The summed E-state index contributed by atoms with van der Waals surface area (Å²) in [7, 11) is -1.09. The van der Waals surface area contributed by atoms with Crippen LogP contribution in [0, 0.1) is 11.8 Å². The molecule has 1 aromatic carbocycles. The molecule has 3 fully saturated rings. The summed E-state index contributed by atoms with van der Waals surface area (Å²) in [6.07, 6.45) is 8.24. The highest BCUT2D eigenvalue weighted by Crippen LogP contribution is 2.40. The second-order valence-electron chi connectivity index (χ2n) is 11.4. The second kappa shape index (κ2) is 8.44. The molecule has 0 amide bonds. The fourth-order valence-corrected chi connectivity index (χ4v) is 8.06. The number of benzene rings is 1. The van der Waals surface area contributed by atoms with Crippen LogP contribution in [0.1, 0.15) is 48.9 Å². The maximum absolute atomic E-state index is 13.1. The zero-order valence-corrected chi connectivity index (χ0v) is 21.2. The zero-order valence-electron chi connectivity index (χ0n) is 20.3. The number of nitrogens with one attached hydrogen (secondary N) is 1. The van der Waals surface area contributed by atoms with Gasteiger partial charge in [-0.2, -0.15) is 4.98 Å². The van der Waals surface area contributed by atoms with Gasteiger partial charge in [0.25, 0.3) is 0 Å². The van der Waals surface area contributed by atoms with Gasteiger partial charge in [-0.3, -0.25) is 4.21 Å². The van der Waals surface area contributed by atoms with Gasteiger partial charge in [-0.15, -0.1) is 0 Å². The summed E-state index contributed by atoms with van der Waals surface area (Å²) >= 11 is 0. The van der Waals surface area contributed by atoms with Gasteiger partial charge in [0.05, 0.1) is 28.6 Å². The minimum absolute atomic E-state index is 0.0835. The average molecular weight is 494 g/mol. The van der Waals surface area contributed by atoms with Gasteiger partial charge in [0, 0.05) is 49.5 Å². The van der Waals surface area contributed by atoms with E-state index >= 15 is 0 Å². The van der Waals surface area contributed by atoms with Crippen LogP contribution in [0.5, 0.6) is 0 Å². The molecule has 0 radical (unpaired) electrons. The van der Waals surface area contributed by atoms with Crippen molar-refractivity contribution in [3.8, 4) is 0 Å². The van der Waals surface area contributed by atoms with Crippen LogP contribution >= 0.6 is 0 Å². The zero-order chi connectivity index (χ0) is 23.6. The van der Waals surface area contributed by atoms with E-state index in [1.165, 1.54) is 29.7 Å². The van der Waals surface area contributed by atoms with Crippen molar-refractivity contribution in [2.24, 2.45) is 11.8 Å². The Bertz CT molecular complexity index is 1160. The highest BCUT2D eigenvalue weighted by Gasteiger charge is 2.42. The van der Waals surface area contributed by atoms with E-state index in [-0.39, 0.29) is 12.1 Å². The summed E-state index contributed by atoms with van der Waals surface area (Å²) in [5.41, 5.74) is 5.06. The van der Waals surface area contributed by atoms with E-state index in [1.807, 2.05) is 0 Å². The molecule has 35 heavy (non-hydrogen) atoms. The Morgan fingerprint density at radius 2 is 1.74 bits per heavy atom. The third-order valence-corrected chi connectivity index (χ3v) is 10.7. The lowest BCUT2D eigenvalue weighted by Gasteiger charge is -2.42. The van der Waals surface area contributed by atoms with Gasteiger partial charge in [0.1, 0.15) is 10.7 Å². The van der Waals surface area contributed by atoms with Crippen LogP contribution in [0.4, 0.5) is 17.5 Å². The molecule has 1 aromatic heterocycles. The number of hydrogen-bond donors (Lipinski definition) is 2. The van der Waals surface area contributed by atoms with Crippen molar-refractivity contribution < 1.29 is 9.32 Å². The van der Waals surface area contributed by atoms with Crippen molar-refractivity contribution in [2.75, 3.05) is 53.7 Å². The SMILES string of the molecule is O=[S@@]1CCCCc2nc(N3CC4CN(c5ccc6c(c5)CC6)CC4C3)nc(NC3(CO)CCC3)c21. The molecular weight excluding hydrogens is 458 g/mol. The van der Waals surface area contributed by atoms with Crippen LogP contribution < -0.4 is 15.1 Å². The van der Waals surface area contributed by atoms with E-state index in [4.69, 9.17) is 9.97 Å². The number of rotatable bonds is 5. The van der Waals surface area contributed by atoms with Crippen molar-refractivity contribution in [1.82, 2.24) is 9.97 Å². The number of anilines is 3. The Labute approximate surface area is 209 Å². The summed E-state index contributed by atoms with van der Waals surface area (Å²) in [6, 6.07) is 7.03. The van der Waals surface area contributed by atoms with Crippen LogP contribution in [0.3, 0.4) is 0 Å². The van der Waals surface area contributed by atoms with Crippen LogP contribution in [0.25, 0.3) is 0 Å². The van der Waals surface area contributed by atoms with Gasteiger partial charge >= 0.3 is 0 Å². The Balaban J connectivity index is 1.14. The minimum atomic E-state index is -1.09. The first-order chi connectivity index (χ1) is 17.1. The molecule has 2 N–H and O–H groups in total. The number of fused-ring (bicyclic) bond motifs is 3. The lowest BCUT2D eigenvalue weighted by Crippen LogP contribution is -2.49. The quantitative estimate of drug-likeness (QED) is 0.663. The summed E-state index contributed by atoms with van der Waals surface area (Å²) in [6.45, 7) is 4.21. The Morgan fingerprint density at radius 1 is 0.971 bits per heavy atom. The molecule has 1 saturated carbocycles. The normalized spacial score (nSPS) is 28.4. The molecule has 3 aliphatic heterocycles. The molecule has 186 valence electrons. The van der Waals surface area contributed by atoms with Gasteiger partial charge in [0.2, 0.25) is 5.95 Å². The van der Waals surface area contributed by atoms with Crippen LogP contribution in [0.2, 0.25) is 0 Å². The van der Waals surface area contributed by atoms with Gasteiger partial charge in [-0.25, -0.2) is 4.98 Å². The standard InChI is InChI=1S/C27H35N5O2S/c33-17-27(9-3-10-27)30-25-24-23(4-1-2-11-35(24)34)28-26(29-25)32-15-20-13-31(14-21(20)16-32)22-8-7-18-5-6-19(18)12-22/h7-8,12,20-21,33H,1-6,9-11,13-17H2,(H,28,29,30)/t20?,21?,35-/m1/s1. The first-order valence-electron chi connectivity index (χ1n) is 13.4. The second-order valence-corrected chi connectivity index (χ2v) is 12.9. The molecule has 0 spiro atoms. The summed E-state index contributed by atoms with van der Waals surface area (Å²) in [5.74, 6) is 3.39. The van der Waals surface area contributed by atoms with Crippen LogP contribution in [-0.2, 0) is 30.1 Å². The summed E-state index contributed by atoms with van der Waals surface area (Å²) in [4.78, 5) is 15.7. The lowest BCUT2D eigenvalue weighted by atomic mass is 9.77. The van der Waals surface area contributed by atoms with E-state index in [0.717, 1.165) is 81.2 Å². The molecule has 8 heteroatoms. The van der Waals surface area contributed by atoms with E-state index in [0.29, 0.717) is 23.4 Å². The average Bonchev–Trinajstić information content (AvgIpc) is 3.33. The number of aryl methyl sites for hydroxylation is 3. The number of aliphatic hydroxyl groups is 1. The molecule has 0 bridgehead atoms. The van der Waals surface area contributed by atoms with Crippen molar-refractivity contribution in [3.05, 3.63) is 35.0 Å². The van der Waals surface area contributed by atoms with E-state index in [1.54, 1.807) is 0 Å². The molecule has 7 nitrogen and oxygen atoms in total. The predicted octanol–water partition coefficient (Wildman–Crippen LogP) is 2.92. The molecule has 3 atom stereocenters. The number of nitrogens with zero attached hydrogens (tertiary/aromatic N) is 4. The third kappa shape index (κ3) is 3.75. The highest BCUT2D eigenvalue weighted by molar-refractivity contribution is 7.85. The van der Waals surface area contributed by atoms with Crippen LogP contribution in [0.15, 0.2) is 23.1 Å². The van der Waals surface area contributed by atoms with Gasteiger partial charge in [-0.05, 0) is 74.6 Å². The monoisotopic (exact) mass is 493 g/mol. The topological polar surface area (TPSA) is 81.6 Å². The first kappa shape index (κ1) is 22.0. The van der Waals surface area contributed by atoms with Crippen molar-refractivity contribution in [3.63, 3.8) is 0 Å². The van der Waals surface area contributed by atoms with Crippen molar-refractivity contribution >= 4 is 28.3 Å². The number of aromatic nitrogens is 2. The molecule has 4 heterocycles. The first-order valence-corrected chi connectivity index (χ1v) is 14.7. The molecule has 7 rings (SSSR count). The van der Waals surface area contributed by atoms with Crippen molar-refractivity contribution in [2.45, 2.75) is 61.8 Å². The van der Waals surface area contributed by atoms with Gasteiger partial charge in [0.15, 0.2) is 0 Å². The van der Waals surface area contributed by atoms with Gasteiger partial charge in [-0.1, -0.05) is 6.07 Å². The Kier molecular flexibility index (Phi) is 5.32. The van der Waals surface area contributed by atoms with Gasteiger partial charge < -0.3 is 20.2 Å². The molecule has 2 unspecified atom stereocenters. The Morgan fingerprint density at radius 3 is 2.40 bits per heavy atom. The maximum Gasteiger partial charge on any atom is 0.227 e. The largest absolute Gasteiger partial charge is 0.394 e. The van der Waals surface area contributed by atoms with E-state index < -0.39 is 10.8 Å². The summed E-state index contributed by atoms with van der Waals surface area (Å²) in [5, 5.41) is 13.6. The number of aliphatic hydroxyl groups excluding tert-OH is 1. The van der Waals surface area contributed by atoms with Crippen molar-refractivity contribution in [1.29, 1.82) is 0 Å². The van der Waals surface area contributed by atoms with Crippen LogP contribution in [-0.4, -0.2) is 63.4 Å². The minimum Gasteiger partial charge on any atom is -0.394 e. The Hall–Kier alpha value is -2.19. The van der Waals surface area contributed by atoms with E-state index in [2.05, 4.69) is 33.3 Å². The molecule has 2 aromatic rings. The number of hydrogen-bond acceptors (Lipinski definition) is 7.